The maximum atomic E-state index is 10.9. The summed E-state index contributed by atoms with van der Waals surface area (Å²) in [5, 5.41) is 17.3. The number of benzene rings is 1. The molecule has 0 saturated heterocycles. The summed E-state index contributed by atoms with van der Waals surface area (Å²) >= 11 is 0. The van der Waals surface area contributed by atoms with Gasteiger partial charge in [0.1, 0.15) is 12.4 Å². The lowest BCUT2D eigenvalue weighted by atomic mass is 10.2. The van der Waals surface area contributed by atoms with Gasteiger partial charge in [-0.3, -0.25) is 0 Å². The molecule has 0 radical (unpaired) electrons. The van der Waals surface area contributed by atoms with Crippen molar-refractivity contribution in [1.29, 1.82) is 5.26 Å². The van der Waals surface area contributed by atoms with Gasteiger partial charge in [0.2, 0.25) is 0 Å². The molecule has 0 saturated carbocycles. The Labute approximate surface area is 127 Å². The second-order valence-corrected chi connectivity index (χ2v) is 4.36. The van der Waals surface area contributed by atoms with Gasteiger partial charge in [0.05, 0.1) is 17.3 Å². The second kappa shape index (κ2) is 6.99. The molecule has 0 atom stereocenters. The van der Waals surface area contributed by atoms with Crippen molar-refractivity contribution in [3.05, 3.63) is 53.9 Å². The molecule has 1 aromatic carbocycles. The average molecular weight is 295 g/mol. The molecule has 1 N–H and O–H groups in total. The van der Waals surface area contributed by atoms with Gasteiger partial charge in [0.25, 0.3) is 0 Å². The highest BCUT2D eigenvalue weighted by Gasteiger charge is 2.10. The zero-order chi connectivity index (χ0) is 15.9. The van der Waals surface area contributed by atoms with E-state index in [0.29, 0.717) is 23.9 Å². The van der Waals surface area contributed by atoms with Crippen LogP contribution in [0.4, 0.5) is 0 Å². The summed E-state index contributed by atoms with van der Waals surface area (Å²) in [6.45, 7) is 1.95. The number of carboxylic acid groups (broad SMARTS) is 1. The van der Waals surface area contributed by atoms with Crippen LogP contribution in [0.1, 0.15) is 16.1 Å². The number of nitriles is 1. The number of carboxylic acids is 1. The van der Waals surface area contributed by atoms with E-state index >= 15 is 0 Å². The Morgan fingerprint density at radius 3 is 2.73 bits per heavy atom. The van der Waals surface area contributed by atoms with Crippen LogP contribution in [0.5, 0.6) is 5.75 Å². The van der Waals surface area contributed by atoms with Gasteiger partial charge in [0.15, 0.2) is 5.82 Å². The molecule has 0 spiro atoms. The number of rotatable bonds is 5. The van der Waals surface area contributed by atoms with Crippen molar-refractivity contribution in [2.45, 2.75) is 6.92 Å². The quantitative estimate of drug-likeness (QED) is 0.852. The maximum absolute atomic E-state index is 10.9. The van der Waals surface area contributed by atoms with Crippen LogP contribution in [0.3, 0.4) is 0 Å². The molecule has 6 heteroatoms. The Hall–Kier alpha value is -3.20. The molecule has 1 heterocycles. The fourth-order valence-electron chi connectivity index (χ4n) is 1.76. The van der Waals surface area contributed by atoms with Crippen LogP contribution in [-0.2, 0) is 0 Å². The van der Waals surface area contributed by atoms with E-state index in [1.165, 1.54) is 12.3 Å². The third kappa shape index (κ3) is 3.67. The number of carbonyl (C=O) groups is 1. The molecule has 6 nitrogen and oxygen atoms in total. The zero-order valence-corrected chi connectivity index (χ0v) is 11.9. The fourth-order valence-corrected chi connectivity index (χ4v) is 1.76. The maximum Gasteiger partial charge on any atom is 0.339 e. The molecule has 0 fully saturated rings. The molecule has 1 aromatic heterocycles. The number of hydrogen-bond donors (Lipinski definition) is 1. The Kier molecular flexibility index (Phi) is 4.83. The van der Waals surface area contributed by atoms with Crippen LogP contribution in [0.2, 0.25) is 0 Å². The van der Waals surface area contributed by atoms with Crippen molar-refractivity contribution < 1.29 is 14.6 Å². The minimum absolute atomic E-state index is 0.0907. The molecule has 0 aliphatic carbocycles. The topological polar surface area (TPSA) is 96.1 Å². The number of ether oxygens (including phenoxy) is 1. The minimum atomic E-state index is -1.04. The smallest absolute Gasteiger partial charge is 0.339 e. The Bertz CT molecular complexity index is 746. The summed E-state index contributed by atoms with van der Waals surface area (Å²) in [5.74, 6) is 0.0712. The number of allylic oxidation sites excluding steroid dienone is 1. The highest BCUT2D eigenvalue weighted by Crippen LogP contribution is 2.20. The summed E-state index contributed by atoms with van der Waals surface area (Å²) in [6.07, 6.45) is 4.27. The van der Waals surface area contributed by atoms with E-state index in [1.54, 1.807) is 37.3 Å². The van der Waals surface area contributed by atoms with Crippen LogP contribution < -0.4 is 4.74 Å². The molecule has 0 aliphatic rings. The molecule has 22 heavy (non-hydrogen) atoms. The van der Waals surface area contributed by atoms with Crippen molar-refractivity contribution in [3.63, 3.8) is 0 Å². The van der Waals surface area contributed by atoms with Gasteiger partial charge in [-0.1, -0.05) is 0 Å². The summed E-state index contributed by atoms with van der Waals surface area (Å²) in [6, 6.07) is 8.99. The van der Waals surface area contributed by atoms with Crippen LogP contribution in [0.15, 0.2) is 42.6 Å². The highest BCUT2D eigenvalue weighted by molar-refractivity contribution is 5.88. The molecule has 0 bridgehead atoms. The SMILES string of the molecule is Cc1nc(-c2ccc(OCC=CC#N)cc2)ncc1C(=O)O. The Morgan fingerprint density at radius 2 is 2.14 bits per heavy atom. The van der Waals surface area contributed by atoms with E-state index in [1.807, 2.05) is 6.07 Å². The number of hydrogen-bond acceptors (Lipinski definition) is 5. The van der Waals surface area contributed by atoms with Crippen molar-refractivity contribution in [2.24, 2.45) is 0 Å². The number of aromatic nitrogens is 2. The van der Waals surface area contributed by atoms with Gasteiger partial charge < -0.3 is 9.84 Å². The molecular formula is C16H13N3O3. The molecular weight excluding hydrogens is 282 g/mol. The summed E-state index contributed by atoms with van der Waals surface area (Å²) in [4.78, 5) is 19.2. The molecule has 0 amide bonds. The second-order valence-electron chi connectivity index (χ2n) is 4.36. The first-order valence-electron chi connectivity index (χ1n) is 6.46. The molecule has 2 aromatic rings. The van der Waals surface area contributed by atoms with E-state index in [-0.39, 0.29) is 5.56 Å². The molecule has 0 unspecified atom stereocenters. The minimum Gasteiger partial charge on any atom is -0.490 e. The lowest BCUT2D eigenvalue weighted by Crippen LogP contribution is -2.04. The molecule has 0 aliphatic heterocycles. The van der Waals surface area contributed by atoms with E-state index in [0.717, 1.165) is 5.56 Å². The summed E-state index contributed by atoms with van der Waals surface area (Å²) < 4.78 is 5.42. The standard InChI is InChI=1S/C16H13N3O3/c1-11-14(16(20)21)10-18-15(19-11)12-4-6-13(7-5-12)22-9-3-2-8-17/h2-7,10H,9H2,1H3,(H,20,21). The van der Waals surface area contributed by atoms with Crippen LogP contribution in [0.25, 0.3) is 11.4 Å². The average Bonchev–Trinajstić information content (AvgIpc) is 2.52. The first-order valence-corrected chi connectivity index (χ1v) is 6.46. The van der Waals surface area contributed by atoms with Crippen LogP contribution in [-0.4, -0.2) is 27.7 Å². The predicted molar refractivity (Wildman–Crippen MR) is 79.4 cm³/mol. The van der Waals surface area contributed by atoms with Crippen LogP contribution in [0, 0.1) is 18.3 Å². The summed E-state index contributed by atoms with van der Waals surface area (Å²) in [5.41, 5.74) is 1.27. The number of aryl methyl sites for hydroxylation is 1. The number of nitrogens with zero attached hydrogens (tertiary/aromatic N) is 3. The predicted octanol–water partition coefficient (Wildman–Crippen LogP) is 2.61. The van der Waals surface area contributed by atoms with Gasteiger partial charge in [-0.15, -0.1) is 0 Å². The Balaban J connectivity index is 2.13. The molecule has 2 rings (SSSR count). The van der Waals surface area contributed by atoms with E-state index in [2.05, 4.69) is 9.97 Å². The van der Waals surface area contributed by atoms with Gasteiger partial charge >= 0.3 is 5.97 Å². The van der Waals surface area contributed by atoms with Gasteiger partial charge in [-0.25, -0.2) is 14.8 Å². The first-order chi connectivity index (χ1) is 10.6. The van der Waals surface area contributed by atoms with Gasteiger partial charge in [-0.2, -0.15) is 5.26 Å². The van der Waals surface area contributed by atoms with E-state index < -0.39 is 5.97 Å². The molecule has 110 valence electrons. The third-order valence-electron chi connectivity index (χ3n) is 2.86. The van der Waals surface area contributed by atoms with Crippen molar-refractivity contribution in [1.82, 2.24) is 9.97 Å². The van der Waals surface area contributed by atoms with Gasteiger partial charge in [-0.05, 0) is 37.3 Å². The fraction of sp³-hybridized carbons (Fsp3) is 0.125. The van der Waals surface area contributed by atoms with Crippen molar-refractivity contribution in [2.75, 3.05) is 6.61 Å². The van der Waals surface area contributed by atoms with Crippen LogP contribution >= 0.6 is 0 Å². The zero-order valence-electron chi connectivity index (χ0n) is 11.9. The van der Waals surface area contributed by atoms with E-state index in [4.69, 9.17) is 15.1 Å². The third-order valence-corrected chi connectivity index (χ3v) is 2.86. The highest BCUT2D eigenvalue weighted by atomic mass is 16.5. The van der Waals surface area contributed by atoms with E-state index in [9.17, 15) is 4.79 Å². The first kappa shape index (κ1) is 15.2. The monoisotopic (exact) mass is 295 g/mol. The normalized spacial score (nSPS) is 10.4. The lowest BCUT2D eigenvalue weighted by molar-refractivity contribution is 0.0695. The van der Waals surface area contributed by atoms with Gasteiger partial charge in [0, 0.05) is 17.8 Å². The van der Waals surface area contributed by atoms with Crippen molar-refractivity contribution >= 4 is 5.97 Å². The Morgan fingerprint density at radius 1 is 1.41 bits per heavy atom. The lowest BCUT2D eigenvalue weighted by Gasteiger charge is -2.06. The number of aromatic carboxylic acids is 1. The van der Waals surface area contributed by atoms with Crippen molar-refractivity contribution in [3.8, 4) is 23.2 Å². The summed E-state index contributed by atoms with van der Waals surface area (Å²) in [7, 11) is 0. The largest absolute Gasteiger partial charge is 0.490 e.